The fourth-order valence-electron chi connectivity index (χ4n) is 4.63. The number of hydrogen-bond donors (Lipinski definition) is 1. The van der Waals surface area contributed by atoms with Crippen molar-refractivity contribution in [1.29, 1.82) is 0 Å². The van der Waals surface area contributed by atoms with E-state index in [1.54, 1.807) is 4.90 Å². The molecule has 0 saturated carbocycles. The fourth-order valence-corrected chi connectivity index (χ4v) is 4.63. The number of nitrogens with zero attached hydrogens (tertiary/aromatic N) is 4. The second-order valence-electron chi connectivity index (χ2n) is 7.65. The smallest absolute Gasteiger partial charge is 0.272 e. The molecule has 1 aliphatic carbocycles. The molecule has 7 nitrogen and oxygen atoms in total. The Hall–Kier alpha value is -2.18. The maximum atomic E-state index is 13.1. The van der Waals surface area contributed by atoms with Crippen molar-refractivity contribution in [3.8, 4) is 0 Å². The predicted molar refractivity (Wildman–Crippen MR) is 92.9 cm³/mol. The van der Waals surface area contributed by atoms with Crippen LogP contribution < -0.4 is 5.73 Å². The van der Waals surface area contributed by atoms with Gasteiger partial charge in [-0.15, -0.1) is 0 Å². The summed E-state index contributed by atoms with van der Waals surface area (Å²) in [7, 11) is 1.86. The van der Waals surface area contributed by atoms with E-state index < -0.39 is 5.41 Å². The molecule has 1 aromatic rings. The average Bonchev–Trinajstić information content (AvgIpc) is 3.03. The highest BCUT2D eigenvalue weighted by molar-refractivity contribution is 5.95. The molecule has 1 aromatic heterocycles. The lowest BCUT2D eigenvalue weighted by Crippen LogP contribution is -2.48. The Bertz CT molecular complexity index is 734. The molecule has 1 atom stereocenters. The van der Waals surface area contributed by atoms with Gasteiger partial charge in [0.25, 0.3) is 5.91 Å². The van der Waals surface area contributed by atoms with Crippen molar-refractivity contribution in [2.24, 2.45) is 5.41 Å². The summed E-state index contributed by atoms with van der Waals surface area (Å²) in [4.78, 5) is 38.0. The minimum atomic E-state index is -0.401. The number of nitrogen functional groups attached to an aromatic ring is 1. The number of carbonyl (C=O) groups is 2. The van der Waals surface area contributed by atoms with Gasteiger partial charge < -0.3 is 15.5 Å². The minimum Gasteiger partial charge on any atom is -0.368 e. The van der Waals surface area contributed by atoms with E-state index in [1.807, 2.05) is 11.9 Å². The molecule has 4 rings (SSSR count). The molecule has 0 aromatic carbocycles. The highest BCUT2D eigenvalue weighted by atomic mass is 16.2. The van der Waals surface area contributed by atoms with Crippen LogP contribution in [0.25, 0.3) is 0 Å². The number of amides is 2. The summed E-state index contributed by atoms with van der Waals surface area (Å²) in [6, 6.07) is 0. The Kier molecular flexibility index (Phi) is 3.89. The SMILES string of the molecule is CN1CCCC2(CCN(C(=O)c3nc(N)nc4c3CCCC4)C2)C1=O. The third-order valence-electron chi connectivity index (χ3n) is 5.99. The minimum absolute atomic E-state index is 0.0925. The Morgan fingerprint density at radius 3 is 2.76 bits per heavy atom. The number of hydrogen-bond acceptors (Lipinski definition) is 5. The first-order valence-corrected chi connectivity index (χ1v) is 9.20. The number of fused-ring (bicyclic) bond motifs is 1. The molecule has 3 aliphatic rings. The molecule has 134 valence electrons. The largest absolute Gasteiger partial charge is 0.368 e. The summed E-state index contributed by atoms with van der Waals surface area (Å²) < 4.78 is 0. The van der Waals surface area contributed by atoms with Crippen molar-refractivity contribution in [3.63, 3.8) is 0 Å². The average molecular weight is 343 g/mol. The van der Waals surface area contributed by atoms with Gasteiger partial charge in [-0.1, -0.05) is 0 Å². The second-order valence-corrected chi connectivity index (χ2v) is 7.65. The van der Waals surface area contributed by atoms with Crippen LogP contribution in [-0.4, -0.2) is 58.3 Å². The molecule has 1 unspecified atom stereocenters. The third-order valence-corrected chi connectivity index (χ3v) is 5.99. The van der Waals surface area contributed by atoms with Gasteiger partial charge in [0.2, 0.25) is 11.9 Å². The van der Waals surface area contributed by atoms with Gasteiger partial charge in [-0.05, 0) is 44.9 Å². The molecule has 25 heavy (non-hydrogen) atoms. The van der Waals surface area contributed by atoms with Crippen molar-refractivity contribution in [2.75, 3.05) is 32.4 Å². The maximum Gasteiger partial charge on any atom is 0.272 e. The number of anilines is 1. The van der Waals surface area contributed by atoms with E-state index in [4.69, 9.17) is 5.73 Å². The van der Waals surface area contributed by atoms with E-state index in [9.17, 15) is 9.59 Å². The lowest BCUT2D eigenvalue weighted by molar-refractivity contribution is -0.143. The second kappa shape index (κ2) is 5.97. The van der Waals surface area contributed by atoms with Crippen LogP contribution in [0.3, 0.4) is 0 Å². The predicted octanol–water partition coefficient (Wildman–Crippen LogP) is 1.02. The first-order valence-electron chi connectivity index (χ1n) is 9.20. The van der Waals surface area contributed by atoms with Gasteiger partial charge in [0, 0.05) is 37.9 Å². The molecule has 2 N–H and O–H groups in total. The zero-order valence-electron chi connectivity index (χ0n) is 14.8. The number of nitrogens with two attached hydrogens (primary N) is 1. The standard InChI is InChI=1S/C18H25N5O2/c1-22-9-4-7-18(16(22)25)8-10-23(11-18)15(24)14-12-5-2-3-6-13(12)20-17(19)21-14/h2-11H2,1H3,(H2,19,20,21). The number of rotatable bonds is 1. The Morgan fingerprint density at radius 2 is 1.92 bits per heavy atom. The van der Waals surface area contributed by atoms with Crippen LogP contribution in [0.1, 0.15) is 53.8 Å². The van der Waals surface area contributed by atoms with Gasteiger partial charge >= 0.3 is 0 Å². The summed E-state index contributed by atoms with van der Waals surface area (Å²) in [5.41, 5.74) is 7.77. The summed E-state index contributed by atoms with van der Waals surface area (Å²) in [6.07, 6.45) is 6.42. The summed E-state index contributed by atoms with van der Waals surface area (Å²) in [5, 5.41) is 0. The third kappa shape index (κ3) is 2.65. The fraction of sp³-hybridized carbons (Fsp3) is 0.667. The Morgan fingerprint density at radius 1 is 1.12 bits per heavy atom. The van der Waals surface area contributed by atoms with E-state index in [-0.39, 0.29) is 17.8 Å². The van der Waals surface area contributed by atoms with Gasteiger partial charge in [-0.3, -0.25) is 9.59 Å². The molecule has 1 spiro atoms. The molecule has 2 fully saturated rings. The van der Waals surface area contributed by atoms with Gasteiger partial charge in [0.05, 0.1) is 5.41 Å². The molecule has 3 heterocycles. The maximum absolute atomic E-state index is 13.1. The molecule has 2 amide bonds. The zero-order chi connectivity index (χ0) is 17.6. The monoisotopic (exact) mass is 343 g/mol. The van der Waals surface area contributed by atoms with Crippen LogP contribution in [-0.2, 0) is 17.6 Å². The Balaban J connectivity index is 1.61. The van der Waals surface area contributed by atoms with Crippen LogP contribution in [0.2, 0.25) is 0 Å². The molecule has 2 aliphatic heterocycles. The molecule has 7 heteroatoms. The number of piperidine rings is 1. The number of carbonyl (C=O) groups excluding carboxylic acids is 2. The summed E-state index contributed by atoms with van der Waals surface area (Å²) in [6.45, 7) is 1.91. The van der Waals surface area contributed by atoms with Gasteiger partial charge in [0.15, 0.2) is 0 Å². The molecule has 2 saturated heterocycles. The quantitative estimate of drug-likeness (QED) is 0.822. The van der Waals surface area contributed by atoms with E-state index in [0.29, 0.717) is 18.8 Å². The highest BCUT2D eigenvalue weighted by Crippen LogP contribution is 2.40. The normalized spacial score (nSPS) is 26.2. The van der Waals surface area contributed by atoms with Crippen LogP contribution in [0.4, 0.5) is 5.95 Å². The van der Waals surface area contributed by atoms with Crippen LogP contribution in [0.15, 0.2) is 0 Å². The van der Waals surface area contributed by atoms with Gasteiger partial charge in [-0.2, -0.15) is 0 Å². The van der Waals surface area contributed by atoms with Crippen LogP contribution in [0, 0.1) is 5.41 Å². The van der Waals surface area contributed by atoms with E-state index in [1.165, 1.54) is 0 Å². The molecular formula is C18H25N5O2. The number of likely N-dealkylation sites (tertiary alicyclic amines) is 2. The van der Waals surface area contributed by atoms with E-state index in [2.05, 4.69) is 9.97 Å². The molecule has 0 bridgehead atoms. The van der Waals surface area contributed by atoms with Crippen molar-refractivity contribution >= 4 is 17.8 Å². The van der Waals surface area contributed by atoms with Crippen molar-refractivity contribution in [3.05, 3.63) is 17.0 Å². The van der Waals surface area contributed by atoms with Crippen molar-refractivity contribution in [1.82, 2.24) is 19.8 Å². The number of aromatic nitrogens is 2. The van der Waals surface area contributed by atoms with Crippen LogP contribution in [0.5, 0.6) is 0 Å². The first kappa shape index (κ1) is 16.3. The molecular weight excluding hydrogens is 318 g/mol. The lowest BCUT2D eigenvalue weighted by atomic mass is 9.78. The molecule has 0 radical (unpaired) electrons. The van der Waals surface area contributed by atoms with Crippen molar-refractivity contribution in [2.45, 2.75) is 44.9 Å². The highest BCUT2D eigenvalue weighted by Gasteiger charge is 2.49. The lowest BCUT2D eigenvalue weighted by Gasteiger charge is -2.37. The Labute approximate surface area is 147 Å². The first-order chi connectivity index (χ1) is 12.0. The summed E-state index contributed by atoms with van der Waals surface area (Å²) >= 11 is 0. The zero-order valence-corrected chi connectivity index (χ0v) is 14.8. The topological polar surface area (TPSA) is 92.4 Å². The van der Waals surface area contributed by atoms with Crippen molar-refractivity contribution < 1.29 is 9.59 Å². The van der Waals surface area contributed by atoms with Gasteiger partial charge in [0.1, 0.15) is 5.69 Å². The van der Waals surface area contributed by atoms with Crippen LogP contribution >= 0.6 is 0 Å². The summed E-state index contributed by atoms with van der Waals surface area (Å²) in [5.74, 6) is 0.259. The van der Waals surface area contributed by atoms with E-state index in [0.717, 1.165) is 62.7 Å². The number of aryl methyl sites for hydroxylation is 1. The van der Waals surface area contributed by atoms with Gasteiger partial charge in [-0.25, -0.2) is 9.97 Å². The van der Waals surface area contributed by atoms with E-state index >= 15 is 0 Å².